The molecule has 0 N–H and O–H groups in total. The number of fused-ring (bicyclic) bond motifs is 3. The molecule has 1 heterocycles. The highest BCUT2D eigenvalue weighted by Gasteiger charge is 2.13. The molecule has 0 atom stereocenters. The number of hydrogen-bond acceptors (Lipinski definition) is 0. The Morgan fingerprint density at radius 3 is 2.41 bits per heavy atom. The van der Waals surface area contributed by atoms with Crippen molar-refractivity contribution in [2.45, 2.75) is 13.3 Å². The van der Waals surface area contributed by atoms with Gasteiger partial charge >= 0.3 is 0 Å². The lowest BCUT2D eigenvalue weighted by Crippen LogP contribution is -1.94. The van der Waals surface area contributed by atoms with Gasteiger partial charge in [-0.25, -0.2) is 0 Å². The van der Waals surface area contributed by atoms with Gasteiger partial charge < -0.3 is 4.57 Å². The van der Waals surface area contributed by atoms with Crippen LogP contribution in [0.1, 0.15) is 12.0 Å². The molecule has 0 radical (unpaired) electrons. The molecule has 130 valence electrons. The second kappa shape index (κ2) is 6.44. The summed E-state index contributed by atoms with van der Waals surface area (Å²) < 4.78 is 2.38. The Morgan fingerprint density at radius 2 is 1.52 bits per heavy atom. The van der Waals surface area contributed by atoms with E-state index in [2.05, 4.69) is 109 Å². The van der Waals surface area contributed by atoms with E-state index in [1.807, 2.05) is 0 Å². The number of aromatic nitrogens is 1. The number of hydrogen-bond donors (Lipinski definition) is 0. The van der Waals surface area contributed by atoms with Crippen molar-refractivity contribution in [3.8, 4) is 11.1 Å². The minimum absolute atomic E-state index is 0.956. The molecule has 1 aliphatic carbocycles. The van der Waals surface area contributed by atoms with Gasteiger partial charge in [0.05, 0.1) is 11.0 Å². The zero-order valence-electron chi connectivity index (χ0n) is 15.4. The number of rotatable bonds is 2. The van der Waals surface area contributed by atoms with Crippen molar-refractivity contribution in [1.29, 1.82) is 0 Å². The highest BCUT2D eigenvalue weighted by atomic mass is 15.0. The zero-order valence-corrected chi connectivity index (χ0v) is 15.4. The Morgan fingerprint density at radius 1 is 0.741 bits per heavy atom. The first kappa shape index (κ1) is 15.9. The average Bonchev–Trinajstić information content (AvgIpc) is 2.84. The average molecular weight is 347 g/mol. The van der Waals surface area contributed by atoms with Crippen LogP contribution in [0, 0.1) is 6.92 Å². The largest absolute Gasteiger partial charge is 0.310 e. The maximum absolute atomic E-state index is 2.38. The molecule has 0 amide bonds. The quantitative estimate of drug-likeness (QED) is 0.363. The Bertz CT molecular complexity index is 1230. The van der Waals surface area contributed by atoms with E-state index in [0.29, 0.717) is 0 Å². The number of allylic oxidation sites excluding steroid dienone is 6. The van der Waals surface area contributed by atoms with Gasteiger partial charge in [-0.3, -0.25) is 0 Å². The summed E-state index contributed by atoms with van der Waals surface area (Å²) >= 11 is 0. The van der Waals surface area contributed by atoms with Gasteiger partial charge in [0.15, 0.2) is 0 Å². The standard InChI is InChI=1S/C26H21N/c1-19-12-14-20(15-13-19)21-16-17-26-24(18-21)23-10-6-7-11-25(23)27(26)22-8-4-2-3-5-9-22/h2-4,6-18H,5H2,1H3. The minimum atomic E-state index is 0.956. The van der Waals surface area contributed by atoms with E-state index >= 15 is 0 Å². The van der Waals surface area contributed by atoms with Crippen molar-refractivity contribution in [2.24, 2.45) is 0 Å². The van der Waals surface area contributed by atoms with Crippen molar-refractivity contribution in [1.82, 2.24) is 4.57 Å². The summed E-state index contributed by atoms with van der Waals surface area (Å²) in [6.45, 7) is 2.13. The molecule has 3 aromatic carbocycles. The minimum Gasteiger partial charge on any atom is -0.310 e. The van der Waals surface area contributed by atoms with Gasteiger partial charge in [0.1, 0.15) is 0 Å². The van der Waals surface area contributed by atoms with E-state index < -0.39 is 0 Å². The van der Waals surface area contributed by atoms with Crippen LogP contribution in [0.4, 0.5) is 0 Å². The summed E-state index contributed by atoms with van der Waals surface area (Å²) in [6.07, 6.45) is 11.9. The molecule has 1 heteroatoms. The van der Waals surface area contributed by atoms with Gasteiger partial charge in [0, 0.05) is 16.5 Å². The second-order valence-corrected chi connectivity index (χ2v) is 7.10. The maximum Gasteiger partial charge on any atom is 0.0541 e. The van der Waals surface area contributed by atoms with E-state index in [0.717, 1.165) is 6.42 Å². The van der Waals surface area contributed by atoms with Crippen molar-refractivity contribution >= 4 is 27.5 Å². The first-order valence-electron chi connectivity index (χ1n) is 9.45. The molecule has 1 nitrogen and oxygen atoms in total. The van der Waals surface area contributed by atoms with Crippen LogP contribution in [0.2, 0.25) is 0 Å². The Balaban J connectivity index is 1.78. The molecule has 0 saturated carbocycles. The Labute approximate surface area is 159 Å². The monoisotopic (exact) mass is 347 g/mol. The third-order valence-corrected chi connectivity index (χ3v) is 5.29. The van der Waals surface area contributed by atoms with E-state index in [-0.39, 0.29) is 0 Å². The molecule has 4 aromatic rings. The van der Waals surface area contributed by atoms with Crippen LogP contribution < -0.4 is 0 Å². The zero-order chi connectivity index (χ0) is 18.2. The summed E-state index contributed by atoms with van der Waals surface area (Å²) in [5.41, 5.74) is 7.55. The number of nitrogens with zero attached hydrogens (tertiary/aromatic N) is 1. The van der Waals surface area contributed by atoms with E-state index in [1.54, 1.807) is 0 Å². The normalized spacial score (nSPS) is 13.9. The lowest BCUT2D eigenvalue weighted by Gasteiger charge is -2.09. The molecule has 0 bridgehead atoms. The highest BCUT2D eigenvalue weighted by Crippen LogP contribution is 2.35. The van der Waals surface area contributed by atoms with Crippen LogP contribution in [0.5, 0.6) is 0 Å². The lowest BCUT2D eigenvalue weighted by atomic mass is 10.0. The fraction of sp³-hybridized carbons (Fsp3) is 0.0769. The highest BCUT2D eigenvalue weighted by molar-refractivity contribution is 6.11. The van der Waals surface area contributed by atoms with Crippen LogP contribution in [-0.4, -0.2) is 4.57 Å². The predicted molar refractivity (Wildman–Crippen MR) is 117 cm³/mol. The molecule has 0 fully saturated rings. The van der Waals surface area contributed by atoms with E-state index in [9.17, 15) is 0 Å². The molecule has 27 heavy (non-hydrogen) atoms. The summed E-state index contributed by atoms with van der Waals surface area (Å²) in [4.78, 5) is 0. The molecule has 0 aliphatic heterocycles. The maximum atomic E-state index is 2.38. The Hall–Kier alpha value is -3.32. The van der Waals surface area contributed by atoms with Crippen LogP contribution in [-0.2, 0) is 0 Å². The molecule has 5 rings (SSSR count). The van der Waals surface area contributed by atoms with Gasteiger partial charge in [-0.15, -0.1) is 0 Å². The lowest BCUT2D eigenvalue weighted by molar-refractivity contribution is 1.22. The molecule has 1 aromatic heterocycles. The number of benzene rings is 3. The SMILES string of the molecule is Cc1ccc(-c2ccc3c(c2)c2ccccc2n3C2=CCC=CC=C2)cc1. The van der Waals surface area contributed by atoms with Crippen molar-refractivity contribution < 1.29 is 0 Å². The van der Waals surface area contributed by atoms with Gasteiger partial charge in [0.2, 0.25) is 0 Å². The smallest absolute Gasteiger partial charge is 0.0541 e. The summed E-state index contributed by atoms with van der Waals surface area (Å²) in [6, 6.07) is 24.3. The first-order chi connectivity index (χ1) is 13.3. The topological polar surface area (TPSA) is 4.93 Å². The second-order valence-electron chi connectivity index (χ2n) is 7.10. The van der Waals surface area contributed by atoms with Crippen LogP contribution in [0.25, 0.3) is 38.6 Å². The number of aryl methyl sites for hydroxylation is 1. The van der Waals surface area contributed by atoms with Gasteiger partial charge in [-0.2, -0.15) is 0 Å². The van der Waals surface area contributed by atoms with Crippen molar-refractivity contribution in [2.75, 3.05) is 0 Å². The molecular formula is C26H21N. The molecular weight excluding hydrogens is 326 g/mol. The van der Waals surface area contributed by atoms with Gasteiger partial charge in [0.25, 0.3) is 0 Å². The molecule has 0 saturated heterocycles. The third-order valence-electron chi connectivity index (χ3n) is 5.29. The fourth-order valence-corrected chi connectivity index (χ4v) is 3.91. The fourth-order valence-electron chi connectivity index (χ4n) is 3.91. The van der Waals surface area contributed by atoms with Gasteiger partial charge in [-0.1, -0.05) is 78.4 Å². The summed E-state index contributed by atoms with van der Waals surface area (Å²) in [7, 11) is 0. The van der Waals surface area contributed by atoms with E-state index in [1.165, 1.54) is 44.2 Å². The number of para-hydroxylation sites is 1. The van der Waals surface area contributed by atoms with E-state index in [4.69, 9.17) is 0 Å². The summed E-state index contributed by atoms with van der Waals surface area (Å²) in [5.74, 6) is 0. The van der Waals surface area contributed by atoms with Crippen molar-refractivity contribution in [3.05, 3.63) is 103 Å². The van der Waals surface area contributed by atoms with Gasteiger partial charge in [-0.05, 0) is 48.7 Å². The van der Waals surface area contributed by atoms with Crippen LogP contribution in [0.15, 0.2) is 97.1 Å². The molecule has 1 aliphatic rings. The van der Waals surface area contributed by atoms with Crippen LogP contribution in [0.3, 0.4) is 0 Å². The Kier molecular flexibility index (Phi) is 3.79. The molecule has 0 unspecified atom stereocenters. The third kappa shape index (κ3) is 2.72. The predicted octanol–water partition coefficient (Wildman–Crippen LogP) is 7.13. The summed E-state index contributed by atoms with van der Waals surface area (Å²) in [5, 5.41) is 2.60. The van der Waals surface area contributed by atoms with Crippen molar-refractivity contribution in [3.63, 3.8) is 0 Å². The van der Waals surface area contributed by atoms with Crippen LogP contribution >= 0.6 is 0 Å². The first-order valence-corrected chi connectivity index (χ1v) is 9.45. The molecule has 0 spiro atoms.